The summed E-state index contributed by atoms with van der Waals surface area (Å²) in [4.78, 5) is 20.5. The number of hydrogen-bond donors (Lipinski definition) is 1. The van der Waals surface area contributed by atoms with Crippen LogP contribution in [0.3, 0.4) is 0 Å². The van der Waals surface area contributed by atoms with E-state index in [1.54, 1.807) is 7.11 Å². The number of carbonyl (C=O) groups is 1. The monoisotopic (exact) mass is 486 g/mol. The van der Waals surface area contributed by atoms with Crippen molar-refractivity contribution in [3.8, 4) is 0 Å². The molecule has 0 bridgehead atoms. The van der Waals surface area contributed by atoms with Gasteiger partial charge in [-0.3, -0.25) is 9.79 Å². The van der Waals surface area contributed by atoms with Crippen LogP contribution < -0.4 is 5.32 Å². The van der Waals surface area contributed by atoms with E-state index >= 15 is 0 Å². The molecule has 0 spiro atoms. The maximum Gasteiger partial charge on any atom is 0.222 e. The van der Waals surface area contributed by atoms with Crippen LogP contribution in [-0.4, -0.2) is 62.1 Å². The topological polar surface area (TPSA) is 57.2 Å². The highest BCUT2D eigenvalue weighted by Gasteiger charge is 2.24. The SMILES string of the molecule is CN=C(NCc1cccc(CN2CCCC2=O)c1)N1CCC(COC)C1.I. The second kappa shape index (κ2) is 10.8. The van der Waals surface area contributed by atoms with Crippen molar-refractivity contribution < 1.29 is 9.53 Å². The first kappa shape index (κ1) is 21.9. The molecule has 1 amide bonds. The van der Waals surface area contributed by atoms with Crippen molar-refractivity contribution in [3.05, 3.63) is 35.4 Å². The van der Waals surface area contributed by atoms with Crippen molar-refractivity contribution in [2.45, 2.75) is 32.4 Å². The molecule has 0 aliphatic carbocycles. The number of methoxy groups -OCH3 is 1. The van der Waals surface area contributed by atoms with Crippen molar-refractivity contribution in [3.63, 3.8) is 0 Å². The second-order valence-corrected chi connectivity index (χ2v) is 7.20. The van der Waals surface area contributed by atoms with E-state index < -0.39 is 0 Å². The van der Waals surface area contributed by atoms with Crippen molar-refractivity contribution in [1.29, 1.82) is 0 Å². The standard InChI is InChI=1S/C20H30N4O2.HI/c1-21-20(24-10-8-18(14-24)15-26-2)22-12-16-5-3-6-17(11-16)13-23-9-4-7-19(23)25;/h3,5-6,11,18H,4,7-10,12-15H2,1-2H3,(H,21,22);1H. The molecular weight excluding hydrogens is 455 g/mol. The van der Waals surface area contributed by atoms with Crippen LogP contribution in [-0.2, 0) is 22.6 Å². The van der Waals surface area contributed by atoms with E-state index in [1.807, 2.05) is 11.9 Å². The summed E-state index contributed by atoms with van der Waals surface area (Å²) in [5.74, 6) is 1.80. The fraction of sp³-hybridized carbons (Fsp3) is 0.600. The van der Waals surface area contributed by atoms with Gasteiger partial charge in [-0.1, -0.05) is 24.3 Å². The van der Waals surface area contributed by atoms with Gasteiger partial charge in [0.25, 0.3) is 0 Å². The molecule has 7 heteroatoms. The van der Waals surface area contributed by atoms with Crippen LogP contribution in [0.15, 0.2) is 29.3 Å². The summed E-state index contributed by atoms with van der Waals surface area (Å²) in [5, 5.41) is 3.47. The molecule has 150 valence electrons. The third-order valence-electron chi connectivity index (χ3n) is 5.19. The van der Waals surface area contributed by atoms with Crippen LogP contribution in [0.5, 0.6) is 0 Å². The van der Waals surface area contributed by atoms with Gasteiger partial charge in [-0.15, -0.1) is 24.0 Å². The predicted molar refractivity (Wildman–Crippen MR) is 118 cm³/mol. The first-order chi connectivity index (χ1) is 12.7. The van der Waals surface area contributed by atoms with Crippen LogP contribution in [0.25, 0.3) is 0 Å². The number of likely N-dealkylation sites (tertiary alicyclic amines) is 2. The number of nitrogens with one attached hydrogen (secondary N) is 1. The highest BCUT2D eigenvalue weighted by atomic mass is 127. The fourth-order valence-electron chi connectivity index (χ4n) is 3.84. The number of ether oxygens (including phenoxy) is 1. The van der Waals surface area contributed by atoms with Crippen molar-refractivity contribution in [2.24, 2.45) is 10.9 Å². The smallest absolute Gasteiger partial charge is 0.222 e. The van der Waals surface area contributed by atoms with E-state index in [0.717, 1.165) is 51.6 Å². The van der Waals surface area contributed by atoms with Gasteiger partial charge in [-0.05, 0) is 24.0 Å². The lowest BCUT2D eigenvalue weighted by Crippen LogP contribution is -2.39. The maximum atomic E-state index is 11.8. The van der Waals surface area contributed by atoms with Crippen LogP contribution in [0.2, 0.25) is 0 Å². The van der Waals surface area contributed by atoms with Gasteiger partial charge in [-0.25, -0.2) is 0 Å². The Kier molecular flexibility index (Phi) is 8.82. The van der Waals surface area contributed by atoms with E-state index in [2.05, 4.69) is 39.5 Å². The van der Waals surface area contributed by atoms with Crippen molar-refractivity contribution in [2.75, 3.05) is 40.4 Å². The molecule has 1 N–H and O–H groups in total. The first-order valence-electron chi connectivity index (χ1n) is 9.49. The van der Waals surface area contributed by atoms with Gasteiger partial charge in [0.1, 0.15) is 0 Å². The Hall–Kier alpha value is -1.35. The van der Waals surface area contributed by atoms with E-state index in [1.165, 1.54) is 11.1 Å². The van der Waals surface area contributed by atoms with Gasteiger partial charge in [0.05, 0.1) is 6.61 Å². The number of nitrogens with zero attached hydrogens (tertiary/aromatic N) is 3. The molecule has 2 heterocycles. The van der Waals surface area contributed by atoms with Gasteiger partial charge in [0, 0.05) is 59.2 Å². The minimum Gasteiger partial charge on any atom is -0.384 e. The highest BCUT2D eigenvalue weighted by Crippen LogP contribution is 2.17. The lowest BCUT2D eigenvalue weighted by Gasteiger charge is -2.22. The van der Waals surface area contributed by atoms with Crippen molar-refractivity contribution >= 4 is 35.8 Å². The predicted octanol–water partition coefficient (Wildman–Crippen LogP) is 2.47. The van der Waals surface area contributed by atoms with Crippen molar-refractivity contribution in [1.82, 2.24) is 15.1 Å². The first-order valence-corrected chi connectivity index (χ1v) is 9.49. The summed E-state index contributed by atoms with van der Waals surface area (Å²) in [6.45, 7) is 5.15. The normalized spacial score (nSPS) is 20.1. The Bertz CT molecular complexity index is 653. The molecule has 2 fully saturated rings. The average Bonchev–Trinajstić information content (AvgIpc) is 3.26. The van der Waals surface area contributed by atoms with Crippen LogP contribution in [0, 0.1) is 5.92 Å². The molecule has 1 aromatic rings. The third kappa shape index (κ3) is 6.07. The summed E-state index contributed by atoms with van der Waals surface area (Å²) in [6, 6.07) is 8.47. The fourth-order valence-corrected chi connectivity index (χ4v) is 3.84. The molecule has 0 aromatic heterocycles. The van der Waals surface area contributed by atoms with Crippen LogP contribution in [0.4, 0.5) is 0 Å². The number of amides is 1. The van der Waals surface area contributed by atoms with E-state index in [0.29, 0.717) is 18.9 Å². The number of hydrogen-bond acceptors (Lipinski definition) is 3. The number of rotatable bonds is 6. The largest absolute Gasteiger partial charge is 0.384 e. The molecule has 0 saturated carbocycles. The molecule has 3 rings (SSSR count). The lowest BCUT2D eigenvalue weighted by molar-refractivity contribution is -0.128. The minimum atomic E-state index is 0. The number of benzene rings is 1. The quantitative estimate of drug-likeness (QED) is 0.382. The molecule has 1 aromatic carbocycles. The molecular formula is C20H31IN4O2. The summed E-state index contributed by atoms with van der Waals surface area (Å²) in [7, 11) is 3.60. The molecule has 0 radical (unpaired) electrons. The molecule has 2 aliphatic heterocycles. The summed E-state index contributed by atoms with van der Waals surface area (Å²) in [6.07, 6.45) is 2.82. The van der Waals surface area contributed by atoms with Gasteiger partial charge >= 0.3 is 0 Å². The zero-order valence-electron chi connectivity index (χ0n) is 16.3. The van der Waals surface area contributed by atoms with Gasteiger partial charge in [-0.2, -0.15) is 0 Å². The molecule has 27 heavy (non-hydrogen) atoms. The maximum absolute atomic E-state index is 11.8. The summed E-state index contributed by atoms with van der Waals surface area (Å²) >= 11 is 0. The Balaban J connectivity index is 0.00000261. The zero-order valence-corrected chi connectivity index (χ0v) is 18.6. The Morgan fingerprint density at radius 2 is 2.15 bits per heavy atom. The Morgan fingerprint density at radius 3 is 2.85 bits per heavy atom. The van der Waals surface area contributed by atoms with Gasteiger partial charge in [0.15, 0.2) is 5.96 Å². The molecule has 1 unspecified atom stereocenters. The number of carbonyl (C=O) groups excluding carboxylic acids is 1. The number of halogens is 1. The van der Waals surface area contributed by atoms with Gasteiger partial charge in [0.2, 0.25) is 5.91 Å². The van der Waals surface area contributed by atoms with Crippen LogP contribution in [0.1, 0.15) is 30.4 Å². The third-order valence-corrected chi connectivity index (χ3v) is 5.19. The molecule has 1 atom stereocenters. The Labute approximate surface area is 179 Å². The summed E-state index contributed by atoms with van der Waals surface area (Å²) in [5.41, 5.74) is 2.40. The van der Waals surface area contributed by atoms with E-state index in [-0.39, 0.29) is 29.9 Å². The second-order valence-electron chi connectivity index (χ2n) is 7.20. The van der Waals surface area contributed by atoms with Crippen LogP contribution >= 0.6 is 24.0 Å². The highest BCUT2D eigenvalue weighted by molar-refractivity contribution is 14.0. The summed E-state index contributed by atoms with van der Waals surface area (Å²) < 4.78 is 5.28. The average molecular weight is 486 g/mol. The van der Waals surface area contributed by atoms with E-state index in [4.69, 9.17) is 4.74 Å². The Morgan fingerprint density at radius 1 is 1.33 bits per heavy atom. The number of guanidine groups is 1. The zero-order chi connectivity index (χ0) is 18.4. The number of aliphatic imine (C=N–C) groups is 1. The minimum absolute atomic E-state index is 0. The molecule has 2 saturated heterocycles. The lowest BCUT2D eigenvalue weighted by atomic mass is 10.1. The van der Waals surface area contributed by atoms with E-state index in [9.17, 15) is 4.79 Å². The van der Waals surface area contributed by atoms with Gasteiger partial charge < -0.3 is 19.9 Å². The molecule has 6 nitrogen and oxygen atoms in total. The molecule has 2 aliphatic rings.